The van der Waals surface area contributed by atoms with E-state index < -0.39 is 0 Å². The SMILES string of the molecule is CC1=CC=C(N(c2ccc(C)cc2)c2ccc(/C=C/c3ccccc3)cc2)CC1. The highest BCUT2D eigenvalue weighted by Gasteiger charge is 2.16. The third kappa shape index (κ3) is 4.75. The van der Waals surface area contributed by atoms with Gasteiger partial charge in [0.2, 0.25) is 0 Å². The third-order valence-electron chi connectivity index (χ3n) is 5.33. The standard InChI is InChI=1S/C28H27N/c1-22-8-16-26(17-9-22)29(27-18-10-23(2)11-19-27)28-20-14-25(15-21-28)13-12-24-6-4-3-5-7-24/h3-10,12-18,20-21H,11,19H2,1-2H3/b13-12+. The quantitative estimate of drug-likeness (QED) is 0.408. The van der Waals surface area contributed by atoms with Gasteiger partial charge >= 0.3 is 0 Å². The molecule has 0 N–H and O–H groups in total. The number of aryl methyl sites for hydroxylation is 1. The molecule has 29 heavy (non-hydrogen) atoms. The molecule has 0 saturated carbocycles. The van der Waals surface area contributed by atoms with Gasteiger partial charge in [0.05, 0.1) is 0 Å². The van der Waals surface area contributed by atoms with E-state index in [2.05, 4.69) is 116 Å². The van der Waals surface area contributed by atoms with Crippen molar-refractivity contribution in [3.8, 4) is 0 Å². The van der Waals surface area contributed by atoms with Crippen LogP contribution in [0.15, 0.2) is 102 Å². The molecule has 0 spiro atoms. The first-order valence-electron chi connectivity index (χ1n) is 10.3. The summed E-state index contributed by atoms with van der Waals surface area (Å²) in [6.45, 7) is 4.34. The van der Waals surface area contributed by atoms with Crippen LogP contribution in [0.4, 0.5) is 11.4 Å². The monoisotopic (exact) mass is 377 g/mol. The zero-order valence-corrected chi connectivity index (χ0v) is 17.2. The van der Waals surface area contributed by atoms with E-state index in [0.717, 1.165) is 12.8 Å². The number of allylic oxidation sites excluding steroid dienone is 4. The van der Waals surface area contributed by atoms with Gasteiger partial charge in [0.15, 0.2) is 0 Å². The lowest BCUT2D eigenvalue weighted by Gasteiger charge is -2.29. The second-order valence-electron chi connectivity index (χ2n) is 7.68. The highest BCUT2D eigenvalue weighted by molar-refractivity contribution is 5.73. The van der Waals surface area contributed by atoms with E-state index in [1.165, 1.54) is 39.3 Å². The molecule has 0 atom stereocenters. The van der Waals surface area contributed by atoms with Crippen molar-refractivity contribution >= 4 is 23.5 Å². The number of hydrogen-bond acceptors (Lipinski definition) is 1. The van der Waals surface area contributed by atoms with Crippen LogP contribution in [0.5, 0.6) is 0 Å². The molecule has 1 heteroatoms. The Labute approximate surface area is 174 Å². The van der Waals surface area contributed by atoms with Gasteiger partial charge in [-0.2, -0.15) is 0 Å². The summed E-state index contributed by atoms with van der Waals surface area (Å²) in [5.41, 5.74) is 8.89. The molecule has 144 valence electrons. The molecule has 1 nitrogen and oxygen atoms in total. The summed E-state index contributed by atoms with van der Waals surface area (Å²) in [6.07, 6.45) is 11.0. The maximum absolute atomic E-state index is 2.38. The highest BCUT2D eigenvalue weighted by atomic mass is 15.1. The van der Waals surface area contributed by atoms with Crippen LogP contribution < -0.4 is 4.90 Å². The Kier molecular flexibility index (Phi) is 5.76. The maximum atomic E-state index is 2.38. The Morgan fingerprint density at radius 2 is 1.21 bits per heavy atom. The van der Waals surface area contributed by atoms with Crippen molar-refractivity contribution < 1.29 is 0 Å². The van der Waals surface area contributed by atoms with E-state index in [4.69, 9.17) is 0 Å². The summed E-state index contributed by atoms with van der Waals surface area (Å²) >= 11 is 0. The minimum absolute atomic E-state index is 1.06. The summed E-state index contributed by atoms with van der Waals surface area (Å²) in [7, 11) is 0. The van der Waals surface area contributed by atoms with E-state index >= 15 is 0 Å². The van der Waals surface area contributed by atoms with Gasteiger partial charge in [-0.1, -0.05) is 84.0 Å². The molecule has 0 unspecified atom stereocenters. The fourth-order valence-electron chi connectivity index (χ4n) is 3.58. The molecule has 1 aliphatic rings. The van der Waals surface area contributed by atoms with E-state index in [0.29, 0.717) is 0 Å². The van der Waals surface area contributed by atoms with Crippen molar-refractivity contribution in [1.82, 2.24) is 0 Å². The molecule has 0 bridgehead atoms. The van der Waals surface area contributed by atoms with Crippen LogP contribution in [0.3, 0.4) is 0 Å². The molecule has 1 aliphatic carbocycles. The van der Waals surface area contributed by atoms with Crippen LogP contribution in [0.1, 0.15) is 36.5 Å². The zero-order chi connectivity index (χ0) is 20.1. The molecular formula is C28H27N. The Bertz CT molecular complexity index is 1040. The summed E-state index contributed by atoms with van der Waals surface area (Å²) in [4.78, 5) is 2.38. The number of anilines is 2. The molecule has 0 aliphatic heterocycles. The van der Waals surface area contributed by atoms with E-state index in [1.807, 2.05) is 6.07 Å². The minimum atomic E-state index is 1.06. The summed E-state index contributed by atoms with van der Waals surface area (Å²) in [5, 5.41) is 0. The van der Waals surface area contributed by atoms with Crippen molar-refractivity contribution in [2.45, 2.75) is 26.7 Å². The number of rotatable bonds is 5. The number of nitrogens with zero attached hydrogens (tertiary/aromatic N) is 1. The molecule has 0 amide bonds. The second kappa shape index (κ2) is 8.79. The van der Waals surface area contributed by atoms with Crippen LogP contribution in [0.25, 0.3) is 12.2 Å². The smallest absolute Gasteiger partial charge is 0.0458 e. The van der Waals surface area contributed by atoms with Gasteiger partial charge in [0, 0.05) is 17.1 Å². The summed E-state index contributed by atoms with van der Waals surface area (Å²) in [6, 6.07) is 28.0. The van der Waals surface area contributed by atoms with Crippen LogP contribution in [-0.2, 0) is 0 Å². The van der Waals surface area contributed by atoms with Gasteiger partial charge < -0.3 is 4.90 Å². The van der Waals surface area contributed by atoms with Crippen molar-refractivity contribution in [2.75, 3.05) is 4.90 Å². The van der Waals surface area contributed by atoms with Crippen molar-refractivity contribution in [2.24, 2.45) is 0 Å². The highest BCUT2D eigenvalue weighted by Crippen LogP contribution is 2.34. The topological polar surface area (TPSA) is 3.24 Å². The zero-order valence-electron chi connectivity index (χ0n) is 17.2. The molecule has 0 fully saturated rings. The Hall–Kier alpha value is -3.32. The molecule has 4 rings (SSSR count). The Morgan fingerprint density at radius 3 is 1.79 bits per heavy atom. The van der Waals surface area contributed by atoms with Gasteiger partial charge in [0.25, 0.3) is 0 Å². The third-order valence-corrected chi connectivity index (χ3v) is 5.33. The average molecular weight is 378 g/mol. The molecule has 3 aromatic rings. The van der Waals surface area contributed by atoms with Gasteiger partial charge in [-0.15, -0.1) is 0 Å². The van der Waals surface area contributed by atoms with Crippen molar-refractivity contribution in [3.63, 3.8) is 0 Å². The first-order valence-corrected chi connectivity index (χ1v) is 10.3. The Balaban J connectivity index is 1.64. The lowest BCUT2D eigenvalue weighted by atomic mass is 10.0. The molecule has 3 aromatic carbocycles. The molecule has 0 saturated heterocycles. The molecular weight excluding hydrogens is 350 g/mol. The normalized spacial score (nSPS) is 13.9. The summed E-state index contributed by atoms with van der Waals surface area (Å²) < 4.78 is 0. The Morgan fingerprint density at radius 1 is 0.621 bits per heavy atom. The fourth-order valence-corrected chi connectivity index (χ4v) is 3.58. The molecule has 0 aromatic heterocycles. The van der Waals surface area contributed by atoms with E-state index in [9.17, 15) is 0 Å². The maximum Gasteiger partial charge on any atom is 0.0458 e. The predicted molar refractivity (Wildman–Crippen MR) is 126 cm³/mol. The minimum Gasteiger partial charge on any atom is -0.314 e. The van der Waals surface area contributed by atoms with E-state index in [1.54, 1.807) is 0 Å². The van der Waals surface area contributed by atoms with Gasteiger partial charge in [-0.3, -0.25) is 0 Å². The summed E-state index contributed by atoms with van der Waals surface area (Å²) in [5.74, 6) is 0. The van der Waals surface area contributed by atoms with Crippen LogP contribution in [0, 0.1) is 6.92 Å². The average Bonchev–Trinajstić information content (AvgIpc) is 2.77. The lowest BCUT2D eigenvalue weighted by molar-refractivity contribution is 0.874. The molecule has 0 radical (unpaired) electrons. The van der Waals surface area contributed by atoms with Crippen molar-refractivity contribution in [1.29, 1.82) is 0 Å². The van der Waals surface area contributed by atoms with Crippen LogP contribution >= 0.6 is 0 Å². The number of hydrogen-bond donors (Lipinski definition) is 0. The lowest BCUT2D eigenvalue weighted by Crippen LogP contribution is -2.17. The van der Waals surface area contributed by atoms with Crippen molar-refractivity contribution in [3.05, 3.63) is 119 Å². The first-order chi connectivity index (χ1) is 14.2. The largest absolute Gasteiger partial charge is 0.314 e. The van der Waals surface area contributed by atoms with Gasteiger partial charge in [0.1, 0.15) is 0 Å². The van der Waals surface area contributed by atoms with Crippen LogP contribution in [0.2, 0.25) is 0 Å². The van der Waals surface area contributed by atoms with E-state index in [-0.39, 0.29) is 0 Å². The first kappa shape index (κ1) is 19.0. The van der Waals surface area contributed by atoms with Gasteiger partial charge in [-0.25, -0.2) is 0 Å². The predicted octanol–water partition coefficient (Wildman–Crippen LogP) is 7.93. The second-order valence-corrected chi connectivity index (χ2v) is 7.68. The van der Waals surface area contributed by atoms with Crippen LogP contribution in [-0.4, -0.2) is 0 Å². The fraction of sp³-hybridized carbons (Fsp3) is 0.143. The molecule has 0 heterocycles. The van der Waals surface area contributed by atoms with Gasteiger partial charge in [-0.05, 0) is 68.2 Å². The number of benzene rings is 3.